The molecule has 0 spiro atoms. The molecule has 2 aromatic carbocycles. The van der Waals surface area contributed by atoms with Gasteiger partial charge in [-0.15, -0.1) is 0 Å². The predicted molar refractivity (Wildman–Crippen MR) is 106 cm³/mol. The van der Waals surface area contributed by atoms with Gasteiger partial charge < -0.3 is 15.2 Å². The number of amides is 1. The van der Waals surface area contributed by atoms with Crippen LogP contribution in [-0.2, 0) is 6.54 Å². The number of hydrogen-bond acceptors (Lipinski definition) is 5. The van der Waals surface area contributed by atoms with Crippen LogP contribution in [0.3, 0.4) is 0 Å². The number of nitrogens with zero attached hydrogens (tertiary/aromatic N) is 2. The molecule has 0 unspecified atom stereocenters. The number of carbonyl (C=O) groups is 1. The molecule has 140 valence electrons. The number of nitrogens with one attached hydrogen (secondary N) is 1. The number of rotatable bonds is 8. The molecular formula is C20H21N3O3S. The van der Waals surface area contributed by atoms with E-state index in [1.165, 1.54) is 29.7 Å². The monoisotopic (exact) mass is 383 g/mol. The number of aromatic nitrogens is 1. The quantitative estimate of drug-likeness (QED) is 0.606. The highest BCUT2D eigenvalue weighted by Gasteiger charge is 2.28. The first-order chi connectivity index (χ1) is 13.2. The second-order valence-corrected chi connectivity index (χ2v) is 7.62. The summed E-state index contributed by atoms with van der Waals surface area (Å²) < 4.78 is 7.00. The highest BCUT2D eigenvalue weighted by Crippen LogP contribution is 2.32. The zero-order valence-electron chi connectivity index (χ0n) is 14.8. The topological polar surface area (TPSA) is 74.7 Å². The fourth-order valence-corrected chi connectivity index (χ4v) is 3.86. The first kappa shape index (κ1) is 17.8. The molecule has 1 aromatic heterocycles. The average molecular weight is 383 g/mol. The lowest BCUT2D eigenvalue weighted by Crippen LogP contribution is -2.35. The third-order valence-corrected chi connectivity index (χ3v) is 5.44. The van der Waals surface area contributed by atoms with Crippen LogP contribution in [0.4, 0.5) is 4.79 Å². The molecule has 1 aliphatic carbocycles. The van der Waals surface area contributed by atoms with Gasteiger partial charge in [-0.2, -0.15) is 0 Å². The summed E-state index contributed by atoms with van der Waals surface area (Å²) in [5.74, 6) is 0.767. The van der Waals surface area contributed by atoms with E-state index in [4.69, 9.17) is 9.84 Å². The van der Waals surface area contributed by atoms with Crippen molar-refractivity contribution >= 4 is 27.6 Å². The van der Waals surface area contributed by atoms with Crippen LogP contribution >= 0.6 is 11.3 Å². The van der Waals surface area contributed by atoms with Gasteiger partial charge in [0.05, 0.1) is 10.2 Å². The first-order valence-corrected chi connectivity index (χ1v) is 9.82. The Kier molecular flexibility index (Phi) is 5.22. The van der Waals surface area contributed by atoms with E-state index in [0.29, 0.717) is 17.8 Å². The predicted octanol–water partition coefficient (Wildman–Crippen LogP) is 4.32. The summed E-state index contributed by atoms with van der Waals surface area (Å²) >= 11 is 1.53. The molecule has 1 heterocycles. The molecule has 6 nitrogen and oxygen atoms in total. The van der Waals surface area contributed by atoms with Gasteiger partial charge in [-0.25, -0.2) is 9.78 Å². The van der Waals surface area contributed by atoms with Gasteiger partial charge in [-0.05, 0) is 42.7 Å². The van der Waals surface area contributed by atoms with Gasteiger partial charge in [0.1, 0.15) is 5.75 Å². The van der Waals surface area contributed by atoms with Crippen LogP contribution in [0.1, 0.15) is 18.4 Å². The van der Waals surface area contributed by atoms with Gasteiger partial charge in [0, 0.05) is 25.7 Å². The molecular weight excluding hydrogens is 362 g/mol. The van der Waals surface area contributed by atoms with E-state index in [0.717, 1.165) is 29.1 Å². The van der Waals surface area contributed by atoms with E-state index in [1.54, 1.807) is 0 Å². The molecule has 0 bridgehead atoms. The van der Waals surface area contributed by atoms with Gasteiger partial charge in [-0.3, -0.25) is 4.90 Å². The Morgan fingerprint density at radius 3 is 2.70 bits per heavy atom. The number of fused-ring (bicyclic) bond motifs is 1. The Balaban J connectivity index is 1.36. The molecule has 1 amide bonds. The molecule has 27 heavy (non-hydrogen) atoms. The number of thiazole rings is 1. The summed E-state index contributed by atoms with van der Waals surface area (Å²) in [6.07, 6.45) is 1.40. The van der Waals surface area contributed by atoms with Crippen LogP contribution in [0.15, 0.2) is 48.5 Å². The van der Waals surface area contributed by atoms with Crippen LogP contribution in [0, 0.1) is 0 Å². The van der Waals surface area contributed by atoms with Crippen molar-refractivity contribution in [3.05, 3.63) is 54.1 Å². The second kappa shape index (κ2) is 7.94. The maximum Gasteiger partial charge on any atom is 0.404 e. The van der Waals surface area contributed by atoms with Gasteiger partial charge in [0.2, 0.25) is 0 Å². The number of carboxylic acid groups (broad SMARTS) is 1. The molecule has 4 rings (SSSR count). The molecule has 1 saturated carbocycles. The summed E-state index contributed by atoms with van der Waals surface area (Å²) in [7, 11) is 0. The Bertz CT molecular complexity index is 889. The van der Waals surface area contributed by atoms with Crippen LogP contribution in [-0.4, -0.2) is 40.2 Å². The van der Waals surface area contributed by atoms with Crippen LogP contribution < -0.4 is 10.1 Å². The average Bonchev–Trinajstić information content (AvgIpc) is 3.42. The zero-order valence-corrected chi connectivity index (χ0v) is 15.6. The van der Waals surface area contributed by atoms with E-state index >= 15 is 0 Å². The van der Waals surface area contributed by atoms with Crippen molar-refractivity contribution in [2.45, 2.75) is 25.4 Å². The maximum absolute atomic E-state index is 10.6. The van der Waals surface area contributed by atoms with Crippen LogP contribution in [0.2, 0.25) is 0 Å². The molecule has 0 atom stereocenters. The van der Waals surface area contributed by atoms with Gasteiger partial charge >= 0.3 is 6.09 Å². The van der Waals surface area contributed by atoms with Gasteiger partial charge in [0.25, 0.3) is 5.19 Å². The molecule has 0 radical (unpaired) electrons. The number of para-hydroxylation sites is 1. The summed E-state index contributed by atoms with van der Waals surface area (Å²) in [4.78, 5) is 17.4. The number of ether oxygens (including phenoxy) is 1. The number of benzene rings is 2. The Morgan fingerprint density at radius 1 is 1.22 bits per heavy atom. The third kappa shape index (κ3) is 4.75. The summed E-state index contributed by atoms with van der Waals surface area (Å²) in [6.45, 7) is 1.99. The Hall–Kier alpha value is -2.64. The van der Waals surface area contributed by atoms with Crippen molar-refractivity contribution in [2.75, 3.05) is 13.1 Å². The fraction of sp³-hybridized carbons (Fsp3) is 0.300. The van der Waals surface area contributed by atoms with Crippen LogP contribution in [0.5, 0.6) is 10.9 Å². The molecule has 1 fully saturated rings. The van der Waals surface area contributed by atoms with Crippen molar-refractivity contribution in [3.8, 4) is 10.9 Å². The minimum atomic E-state index is -0.970. The highest BCUT2D eigenvalue weighted by atomic mass is 32.1. The molecule has 0 aliphatic heterocycles. The highest BCUT2D eigenvalue weighted by molar-refractivity contribution is 7.20. The lowest BCUT2D eigenvalue weighted by molar-refractivity contribution is 0.189. The molecule has 0 saturated heterocycles. The minimum absolute atomic E-state index is 0.449. The van der Waals surface area contributed by atoms with Crippen molar-refractivity contribution in [1.82, 2.24) is 15.2 Å². The van der Waals surface area contributed by atoms with E-state index in [9.17, 15) is 4.79 Å². The SMILES string of the molecule is O=C(O)NCCN(Cc1ccc(Oc2nc3ccccc3s2)cc1)C1CC1. The van der Waals surface area contributed by atoms with E-state index in [-0.39, 0.29) is 0 Å². The lowest BCUT2D eigenvalue weighted by Gasteiger charge is -2.22. The standard InChI is InChI=1S/C20H21N3O3S/c24-19(25)21-11-12-23(15-7-8-15)13-14-5-9-16(10-6-14)26-20-22-17-3-1-2-4-18(17)27-20/h1-6,9-10,15,21H,7-8,11-13H2,(H,24,25). The molecule has 1 aliphatic rings. The van der Waals surface area contributed by atoms with E-state index < -0.39 is 6.09 Å². The van der Waals surface area contributed by atoms with E-state index in [1.807, 2.05) is 36.4 Å². The minimum Gasteiger partial charge on any atom is -0.465 e. The maximum atomic E-state index is 10.6. The summed E-state index contributed by atoms with van der Waals surface area (Å²) in [5.41, 5.74) is 2.14. The van der Waals surface area contributed by atoms with Gasteiger partial charge in [0.15, 0.2) is 0 Å². The van der Waals surface area contributed by atoms with Crippen molar-refractivity contribution in [3.63, 3.8) is 0 Å². The third-order valence-electron chi connectivity index (χ3n) is 4.53. The van der Waals surface area contributed by atoms with Crippen molar-refractivity contribution in [1.29, 1.82) is 0 Å². The lowest BCUT2D eigenvalue weighted by atomic mass is 10.2. The molecule has 7 heteroatoms. The number of hydrogen-bond donors (Lipinski definition) is 2. The smallest absolute Gasteiger partial charge is 0.404 e. The molecule has 2 N–H and O–H groups in total. The Labute approximate surface area is 161 Å². The van der Waals surface area contributed by atoms with Crippen molar-refractivity contribution in [2.24, 2.45) is 0 Å². The normalized spacial score (nSPS) is 13.8. The van der Waals surface area contributed by atoms with E-state index in [2.05, 4.69) is 27.3 Å². The fourth-order valence-electron chi connectivity index (χ4n) is 3.03. The second-order valence-electron chi connectivity index (χ2n) is 6.63. The van der Waals surface area contributed by atoms with Gasteiger partial charge in [-0.1, -0.05) is 35.6 Å². The largest absolute Gasteiger partial charge is 0.465 e. The van der Waals surface area contributed by atoms with Crippen molar-refractivity contribution < 1.29 is 14.6 Å². The first-order valence-electron chi connectivity index (χ1n) is 9.00. The summed E-state index contributed by atoms with van der Waals surface area (Å²) in [6, 6.07) is 16.6. The summed E-state index contributed by atoms with van der Waals surface area (Å²) in [5, 5.41) is 11.8. The molecule has 3 aromatic rings. The van der Waals surface area contributed by atoms with Crippen LogP contribution in [0.25, 0.3) is 10.2 Å². The zero-order chi connectivity index (χ0) is 18.6. The Morgan fingerprint density at radius 2 is 2.00 bits per heavy atom.